The molecule has 6 heteroatoms. The van der Waals surface area contributed by atoms with Crippen LogP contribution in [0.1, 0.15) is 26.2 Å². The highest BCUT2D eigenvalue weighted by atomic mass is 16.3. The Balaban J connectivity index is 3.85. The average Bonchev–Trinajstić information content (AvgIpc) is 2.35. The van der Waals surface area contributed by atoms with Crippen molar-refractivity contribution in [1.82, 2.24) is 5.32 Å². The van der Waals surface area contributed by atoms with Crippen LogP contribution in [-0.2, 0) is 9.59 Å². The second-order valence-corrected chi connectivity index (χ2v) is 3.83. The number of aliphatic hydroxyl groups is 3. The van der Waals surface area contributed by atoms with E-state index < -0.39 is 30.4 Å². The molecule has 0 spiro atoms. The van der Waals surface area contributed by atoms with Gasteiger partial charge in [0.15, 0.2) is 11.6 Å². The maximum absolute atomic E-state index is 11.4. The van der Waals surface area contributed by atoms with E-state index in [1.807, 2.05) is 6.92 Å². The molecule has 4 N–H and O–H groups in total. The average molecular weight is 247 g/mol. The Kier molecular flexibility index (Phi) is 8.79. The van der Waals surface area contributed by atoms with Crippen molar-refractivity contribution in [2.24, 2.45) is 0 Å². The highest BCUT2D eigenvalue weighted by molar-refractivity contribution is 5.93. The summed E-state index contributed by atoms with van der Waals surface area (Å²) in [6.07, 6.45) is -1.93. The zero-order chi connectivity index (χ0) is 13.3. The van der Waals surface area contributed by atoms with Crippen LogP contribution in [0.3, 0.4) is 0 Å². The van der Waals surface area contributed by atoms with Crippen molar-refractivity contribution in [3.63, 3.8) is 0 Å². The lowest BCUT2D eigenvalue weighted by Crippen LogP contribution is -2.41. The highest BCUT2D eigenvalue weighted by Crippen LogP contribution is 2.02. The Morgan fingerprint density at radius 1 is 1.12 bits per heavy atom. The number of carbonyl (C=O) groups is 2. The summed E-state index contributed by atoms with van der Waals surface area (Å²) in [5, 5.41) is 30.1. The van der Waals surface area contributed by atoms with Gasteiger partial charge in [-0.15, -0.1) is 0 Å². The lowest BCUT2D eigenvalue weighted by Gasteiger charge is -2.14. The Morgan fingerprint density at radius 3 is 2.24 bits per heavy atom. The summed E-state index contributed by atoms with van der Waals surface area (Å²) in [6, 6.07) is 0. The quantitative estimate of drug-likeness (QED) is 0.354. The topological polar surface area (TPSA) is 107 Å². The molecule has 0 fully saturated rings. The van der Waals surface area contributed by atoms with Gasteiger partial charge < -0.3 is 20.6 Å². The van der Waals surface area contributed by atoms with Crippen LogP contribution >= 0.6 is 0 Å². The predicted octanol–water partition coefficient (Wildman–Crippen LogP) is -1.38. The van der Waals surface area contributed by atoms with E-state index in [0.717, 1.165) is 13.0 Å². The van der Waals surface area contributed by atoms with Gasteiger partial charge in [-0.05, 0) is 25.9 Å². The maximum atomic E-state index is 11.4. The number of aliphatic hydroxyl groups excluding tert-OH is 3. The summed E-state index contributed by atoms with van der Waals surface area (Å²) >= 11 is 0. The smallest absolute Gasteiger partial charge is 0.189 e. The molecule has 0 radical (unpaired) electrons. The van der Waals surface area contributed by atoms with E-state index in [1.165, 1.54) is 0 Å². The number of rotatable bonds is 10. The third kappa shape index (κ3) is 6.48. The SMILES string of the molecule is CCCNCCCC(=O)[C@H](O)[C@@H](O)C(=O)CO. The number of ketones is 2. The molecule has 0 aromatic carbocycles. The minimum Gasteiger partial charge on any atom is -0.388 e. The molecule has 17 heavy (non-hydrogen) atoms. The van der Waals surface area contributed by atoms with Crippen LogP contribution < -0.4 is 5.32 Å². The van der Waals surface area contributed by atoms with Crippen molar-refractivity contribution in [3.05, 3.63) is 0 Å². The third-order valence-corrected chi connectivity index (χ3v) is 2.32. The van der Waals surface area contributed by atoms with Crippen molar-refractivity contribution in [2.45, 2.75) is 38.4 Å². The number of hydrogen-bond donors (Lipinski definition) is 4. The van der Waals surface area contributed by atoms with Gasteiger partial charge in [-0.1, -0.05) is 6.92 Å². The minimum atomic E-state index is -1.82. The largest absolute Gasteiger partial charge is 0.388 e. The molecule has 0 heterocycles. The van der Waals surface area contributed by atoms with Crippen molar-refractivity contribution in [1.29, 1.82) is 0 Å². The van der Waals surface area contributed by atoms with Crippen molar-refractivity contribution >= 4 is 11.6 Å². The van der Waals surface area contributed by atoms with E-state index in [4.69, 9.17) is 5.11 Å². The number of carbonyl (C=O) groups excluding carboxylic acids is 2. The molecule has 6 nitrogen and oxygen atoms in total. The van der Waals surface area contributed by atoms with Gasteiger partial charge in [-0.25, -0.2) is 0 Å². The first-order valence-corrected chi connectivity index (χ1v) is 5.77. The van der Waals surface area contributed by atoms with Crippen molar-refractivity contribution in [3.8, 4) is 0 Å². The van der Waals surface area contributed by atoms with Gasteiger partial charge in [-0.2, -0.15) is 0 Å². The lowest BCUT2D eigenvalue weighted by molar-refractivity contribution is -0.145. The van der Waals surface area contributed by atoms with Crippen LogP contribution in [0.15, 0.2) is 0 Å². The van der Waals surface area contributed by atoms with E-state index in [0.29, 0.717) is 13.0 Å². The molecule has 0 aromatic heterocycles. The molecule has 0 saturated carbocycles. The molecular formula is C11H21NO5. The van der Waals surface area contributed by atoms with Gasteiger partial charge in [0.1, 0.15) is 18.8 Å². The molecule has 0 aromatic rings. The van der Waals surface area contributed by atoms with E-state index in [2.05, 4.69) is 5.32 Å². The van der Waals surface area contributed by atoms with E-state index in [-0.39, 0.29) is 6.42 Å². The number of Topliss-reactive ketones (excluding diaryl/α,β-unsaturated/α-hetero) is 2. The summed E-state index contributed by atoms with van der Waals surface area (Å²) in [5.41, 5.74) is 0. The fourth-order valence-corrected chi connectivity index (χ4v) is 1.28. The second kappa shape index (κ2) is 9.23. The van der Waals surface area contributed by atoms with Crippen LogP contribution in [0.5, 0.6) is 0 Å². The fourth-order valence-electron chi connectivity index (χ4n) is 1.28. The van der Waals surface area contributed by atoms with Gasteiger partial charge in [0.05, 0.1) is 0 Å². The third-order valence-electron chi connectivity index (χ3n) is 2.32. The monoisotopic (exact) mass is 247 g/mol. The summed E-state index contributed by atoms with van der Waals surface area (Å²) < 4.78 is 0. The normalized spacial score (nSPS) is 14.4. The fraction of sp³-hybridized carbons (Fsp3) is 0.818. The Bertz CT molecular complexity index is 244. The maximum Gasteiger partial charge on any atom is 0.189 e. The predicted molar refractivity (Wildman–Crippen MR) is 61.5 cm³/mol. The molecule has 0 aliphatic carbocycles. The molecular weight excluding hydrogens is 226 g/mol. The molecule has 0 unspecified atom stereocenters. The molecule has 2 atom stereocenters. The van der Waals surface area contributed by atoms with E-state index in [1.54, 1.807) is 0 Å². The molecule has 100 valence electrons. The number of nitrogens with one attached hydrogen (secondary N) is 1. The zero-order valence-corrected chi connectivity index (χ0v) is 10.1. The molecule has 0 amide bonds. The van der Waals surface area contributed by atoms with Crippen LogP contribution in [0.25, 0.3) is 0 Å². The summed E-state index contributed by atoms with van der Waals surface area (Å²) in [4.78, 5) is 22.2. The molecule has 0 rings (SSSR count). The van der Waals surface area contributed by atoms with Crippen molar-refractivity contribution in [2.75, 3.05) is 19.7 Å². The van der Waals surface area contributed by atoms with E-state index in [9.17, 15) is 19.8 Å². The number of hydrogen-bond acceptors (Lipinski definition) is 6. The van der Waals surface area contributed by atoms with Gasteiger partial charge in [0, 0.05) is 6.42 Å². The Hall–Kier alpha value is -0.820. The highest BCUT2D eigenvalue weighted by Gasteiger charge is 2.28. The Morgan fingerprint density at radius 2 is 1.71 bits per heavy atom. The van der Waals surface area contributed by atoms with Gasteiger partial charge in [0.25, 0.3) is 0 Å². The zero-order valence-electron chi connectivity index (χ0n) is 10.1. The summed E-state index contributed by atoms with van der Waals surface area (Å²) in [7, 11) is 0. The van der Waals surface area contributed by atoms with E-state index >= 15 is 0 Å². The first kappa shape index (κ1) is 16.2. The van der Waals surface area contributed by atoms with Gasteiger partial charge in [0.2, 0.25) is 0 Å². The van der Waals surface area contributed by atoms with Crippen LogP contribution in [0.2, 0.25) is 0 Å². The lowest BCUT2D eigenvalue weighted by atomic mass is 10.0. The first-order chi connectivity index (χ1) is 8.04. The molecule has 0 aliphatic heterocycles. The second-order valence-electron chi connectivity index (χ2n) is 3.83. The molecule has 0 bridgehead atoms. The minimum absolute atomic E-state index is 0.0909. The summed E-state index contributed by atoms with van der Waals surface area (Å²) in [5.74, 6) is -1.53. The summed E-state index contributed by atoms with van der Waals surface area (Å²) in [6.45, 7) is 2.65. The van der Waals surface area contributed by atoms with Crippen molar-refractivity contribution < 1.29 is 24.9 Å². The molecule has 0 saturated heterocycles. The standard InChI is InChI=1S/C11H21NO5/c1-2-5-12-6-3-4-8(14)10(16)11(17)9(15)7-13/h10-13,16-17H,2-7H2,1H3/t10-,11-/m0/s1. The Labute approximate surface area is 101 Å². The first-order valence-electron chi connectivity index (χ1n) is 5.77. The van der Waals surface area contributed by atoms with Gasteiger partial charge in [-0.3, -0.25) is 9.59 Å². The van der Waals surface area contributed by atoms with Crippen LogP contribution in [0, 0.1) is 0 Å². The van der Waals surface area contributed by atoms with Gasteiger partial charge >= 0.3 is 0 Å². The van der Waals surface area contributed by atoms with Crippen LogP contribution in [-0.4, -0.2) is 58.8 Å². The molecule has 0 aliphatic rings. The van der Waals surface area contributed by atoms with Crippen LogP contribution in [0.4, 0.5) is 0 Å².